The molecule has 24 heavy (non-hydrogen) atoms. The van der Waals surface area contributed by atoms with E-state index in [-0.39, 0.29) is 23.6 Å². The Labute approximate surface area is 140 Å². The van der Waals surface area contributed by atoms with E-state index in [1.807, 2.05) is 5.32 Å². The van der Waals surface area contributed by atoms with Gasteiger partial charge in [0.15, 0.2) is 11.2 Å². The Morgan fingerprint density at radius 3 is 2.58 bits per heavy atom. The number of alkyl halides is 2. The lowest BCUT2D eigenvalue weighted by atomic mass is 10.3. The highest BCUT2D eigenvalue weighted by Gasteiger charge is 2.27. The molecule has 0 spiro atoms. The second-order valence-corrected chi connectivity index (χ2v) is 5.10. The first-order valence-corrected chi connectivity index (χ1v) is 6.63. The SMILES string of the molecule is Cl.Cn1cnc2c1c(=O)n(CC(=O)NCC(F)(F)CN)c(=O)n2C. The Hall–Kier alpha value is -2.27. The van der Waals surface area contributed by atoms with Gasteiger partial charge in [0.25, 0.3) is 11.5 Å². The third-order valence-electron chi connectivity index (χ3n) is 3.35. The van der Waals surface area contributed by atoms with Gasteiger partial charge >= 0.3 is 5.69 Å². The molecule has 0 saturated heterocycles. The van der Waals surface area contributed by atoms with E-state index in [2.05, 4.69) is 4.98 Å². The van der Waals surface area contributed by atoms with Gasteiger partial charge in [-0.1, -0.05) is 0 Å². The molecule has 2 aromatic rings. The molecule has 0 bridgehead atoms. The molecule has 0 unspecified atom stereocenters. The standard InChI is InChI=1S/C12H16F2N6O3.ClH/c1-18-6-17-9-8(18)10(22)20(11(23)19(9)2)3-7(21)16-5-12(13,14)4-15;/h6H,3-5,15H2,1-2H3,(H,16,21);1H. The van der Waals surface area contributed by atoms with Crippen molar-refractivity contribution in [2.75, 3.05) is 13.1 Å². The van der Waals surface area contributed by atoms with Gasteiger partial charge in [-0.3, -0.25) is 14.2 Å². The first-order chi connectivity index (χ1) is 10.7. The molecule has 134 valence electrons. The van der Waals surface area contributed by atoms with Gasteiger partial charge in [-0.15, -0.1) is 12.4 Å². The molecule has 2 aromatic heterocycles. The van der Waals surface area contributed by atoms with Crippen LogP contribution in [0.25, 0.3) is 11.2 Å². The molecule has 9 nitrogen and oxygen atoms in total. The molecular weight excluding hydrogens is 350 g/mol. The van der Waals surface area contributed by atoms with Crippen molar-refractivity contribution in [3.8, 4) is 0 Å². The van der Waals surface area contributed by atoms with Gasteiger partial charge in [0, 0.05) is 14.1 Å². The average molecular weight is 367 g/mol. The molecule has 2 heterocycles. The minimum atomic E-state index is -3.25. The highest BCUT2D eigenvalue weighted by atomic mass is 35.5. The maximum absolute atomic E-state index is 13.0. The maximum atomic E-state index is 13.0. The number of hydrogen-bond donors (Lipinski definition) is 2. The summed E-state index contributed by atoms with van der Waals surface area (Å²) in [5.74, 6) is -4.14. The van der Waals surface area contributed by atoms with Crippen molar-refractivity contribution in [3.05, 3.63) is 27.2 Å². The number of nitrogens with zero attached hydrogens (tertiary/aromatic N) is 4. The summed E-state index contributed by atoms with van der Waals surface area (Å²) in [5, 5.41) is 1.95. The van der Waals surface area contributed by atoms with Crippen molar-refractivity contribution in [2.45, 2.75) is 12.5 Å². The Morgan fingerprint density at radius 1 is 1.38 bits per heavy atom. The van der Waals surface area contributed by atoms with Crippen molar-refractivity contribution < 1.29 is 13.6 Å². The highest BCUT2D eigenvalue weighted by Crippen LogP contribution is 2.08. The van der Waals surface area contributed by atoms with Gasteiger partial charge in [-0.25, -0.2) is 23.1 Å². The van der Waals surface area contributed by atoms with Crippen molar-refractivity contribution in [3.63, 3.8) is 0 Å². The lowest BCUT2D eigenvalue weighted by Crippen LogP contribution is -2.46. The fraction of sp³-hybridized carbons (Fsp3) is 0.500. The lowest BCUT2D eigenvalue weighted by Gasteiger charge is -2.15. The number of halogens is 3. The zero-order valence-corrected chi connectivity index (χ0v) is 13.8. The number of carbonyl (C=O) groups is 1. The molecule has 2 rings (SSSR count). The van der Waals surface area contributed by atoms with Gasteiger partial charge in [0.05, 0.1) is 19.4 Å². The van der Waals surface area contributed by atoms with Crippen LogP contribution in [0.15, 0.2) is 15.9 Å². The van der Waals surface area contributed by atoms with E-state index in [0.29, 0.717) is 4.57 Å². The summed E-state index contributed by atoms with van der Waals surface area (Å²) >= 11 is 0. The summed E-state index contributed by atoms with van der Waals surface area (Å²) in [5.41, 5.74) is 3.69. The number of fused-ring (bicyclic) bond motifs is 1. The minimum absolute atomic E-state index is 0. The van der Waals surface area contributed by atoms with Crippen LogP contribution in [0.1, 0.15) is 0 Å². The number of nitrogens with two attached hydrogens (primary N) is 1. The van der Waals surface area contributed by atoms with Crippen LogP contribution >= 0.6 is 12.4 Å². The number of amides is 1. The predicted molar refractivity (Wildman–Crippen MR) is 84.5 cm³/mol. The summed E-state index contributed by atoms with van der Waals surface area (Å²) in [4.78, 5) is 40.1. The smallest absolute Gasteiger partial charge is 0.332 e. The van der Waals surface area contributed by atoms with Crippen molar-refractivity contribution in [1.82, 2.24) is 24.0 Å². The summed E-state index contributed by atoms with van der Waals surface area (Å²) in [7, 11) is 2.96. The molecule has 0 aliphatic carbocycles. The normalized spacial score (nSPS) is 11.4. The molecule has 0 aliphatic heterocycles. The highest BCUT2D eigenvalue weighted by molar-refractivity contribution is 5.85. The van der Waals surface area contributed by atoms with Crippen LogP contribution in [0, 0.1) is 0 Å². The van der Waals surface area contributed by atoms with Crippen LogP contribution in [0.2, 0.25) is 0 Å². The molecule has 3 N–H and O–H groups in total. The van der Waals surface area contributed by atoms with E-state index >= 15 is 0 Å². The van der Waals surface area contributed by atoms with E-state index in [4.69, 9.17) is 5.73 Å². The number of aromatic nitrogens is 4. The number of carbonyl (C=O) groups excluding carboxylic acids is 1. The van der Waals surface area contributed by atoms with Gasteiger partial charge in [-0.2, -0.15) is 0 Å². The lowest BCUT2D eigenvalue weighted by molar-refractivity contribution is -0.123. The number of aryl methyl sites for hydroxylation is 2. The zero-order valence-electron chi connectivity index (χ0n) is 13.0. The fourth-order valence-corrected chi connectivity index (χ4v) is 2.04. The fourth-order valence-electron chi connectivity index (χ4n) is 2.04. The predicted octanol–water partition coefficient (Wildman–Crippen LogP) is -1.43. The van der Waals surface area contributed by atoms with E-state index < -0.39 is 42.7 Å². The Morgan fingerprint density at radius 2 is 2.00 bits per heavy atom. The van der Waals surface area contributed by atoms with Gasteiger partial charge in [-0.05, 0) is 0 Å². The number of rotatable bonds is 5. The molecule has 12 heteroatoms. The largest absolute Gasteiger partial charge is 0.348 e. The summed E-state index contributed by atoms with van der Waals surface area (Å²) in [6, 6.07) is 0. The van der Waals surface area contributed by atoms with Crippen molar-refractivity contribution in [2.24, 2.45) is 19.8 Å². The third-order valence-corrected chi connectivity index (χ3v) is 3.35. The van der Waals surface area contributed by atoms with E-state index in [0.717, 1.165) is 4.57 Å². The van der Waals surface area contributed by atoms with Gasteiger partial charge < -0.3 is 15.6 Å². The maximum Gasteiger partial charge on any atom is 0.332 e. The molecule has 0 saturated carbocycles. The van der Waals surface area contributed by atoms with Crippen LogP contribution in [0.3, 0.4) is 0 Å². The third kappa shape index (κ3) is 3.62. The molecule has 0 aromatic carbocycles. The zero-order chi connectivity index (χ0) is 17.4. The molecule has 0 radical (unpaired) electrons. The second-order valence-electron chi connectivity index (χ2n) is 5.10. The molecule has 0 aliphatic rings. The van der Waals surface area contributed by atoms with Crippen LogP contribution < -0.4 is 22.3 Å². The summed E-state index contributed by atoms with van der Waals surface area (Å²) in [6.45, 7) is -2.56. The van der Waals surface area contributed by atoms with Crippen LogP contribution in [-0.4, -0.2) is 43.6 Å². The van der Waals surface area contributed by atoms with E-state index in [9.17, 15) is 23.2 Å². The van der Waals surface area contributed by atoms with E-state index in [1.165, 1.54) is 17.9 Å². The Balaban J connectivity index is 0.00000288. The topological polar surface area (TPSA) is 117 Å². The monoisotopic (exact) mass is 366 g/mol. The van der Waals surface area contributed by atoms with Crippen LogP contribution in [-0.2, 0) is 25.4 Å². The van der Waals surface area contributed by atoms with Crippen molar-refractivity contribution >= 4 is 29.5 Å². The quantitative estimate of drug-likeness (QED) is 0.672. The molecule has 0 fully saturated rings. The van der Waals surface area contributed by atoms with Crippen molar-refractivity contribution in [1.29, 1.82) is 0 Å². The Kier molecular flexibility index (Phi) is 5.84. The summed E-state index contributed by atoms with van der Waals surface area (Å²) in [6.07, 6.45) is 1.36. The van der Waals surface area contributed by atoms with E-state index in [1.54, 1.807) is 7.05 Å². The van der Waals surface area contributed by atoms with Crippen LogP contribution in [0.4, 0.5) is 8.78 Å². The second kappa shape index (κ2) is 7.09. The summed E-state index contributed by atoms with van der Waals surface area (Å²) < 4.78 is 29.2. The number of hydrogen-bond acceptors (Lipinski definition) is 5. The first-order valence-electron chi connectivity index (χ1n) is 6.63. The Bertz CT molecular complexity index is 872. The molecule has 0 atom stereocenters. The molecular formula is C12H17ClF2N6O3. The first kappa shape index (κ1) is 19.8. The number of imidazole rings is 1. The van der Waals surface area contributed by atoms with Crippen LogP contribution in [0.5, 0.6) is 0 Å². The average Bonchev–Trinajstić information content (AvgIpc) is 2.89. The molecule has 1 amide bonds. The number of nitrogens with one attached hydrogen (secondary N) is 1. The van der Waals surface area contributed by atoms with Gasteiger partial charge in [0.1, 0.15) is 6.54 Å². The minimum Gasteiger partial charge on any atom is -0.348 e. The van der Waals surface area contributed by atoms with Gasteiger partial charge in [0.2, 0.25) is 5.91 Å².